The number of carbonyl (C=O) groups excluding carboxylic acids is 3. The van der Waals surface area contributed by atoms with E-state index in [4.69, 9.17) is 34.2 Å². The number of carbonyl (C=O) groups is 4. The molecule has 0 heterocycles. The van der Waals surface area contributed by atoms with E-state index in [2.05, 4.69) is 0 Å². The van der Waals surface area contributed by atoms with Gasteiger partial charge in [0.1, 0.15) is 6.04 Å². The zero-order chi connectivity index (χ0) is 25.0. The van der Waals surface area contributed by atoms with Crippen LogP contribution in [0.5, 0.6) is 11.5 Å². The van der Waals surface area contributed by atoms with Crippen molar-refractivity contribution in [3.63, 3.8) is 0 Å². The van der Waals surface area contributed by atoms with Crippen LogP contribution in [0.2, 0.25) is 0 Å². The van der Waals surface area contributed by atoms with Crippen molar-refractivity contribution in [2.24, 2.45) is 11.7 Å². The van der Waals surface area contributed by atoms with Crippen LogP contribution in [-0.2, 0) is 23.7 Å². The van der Waals surface area contributed by atoms with Gasteiger partial charge in [-0.3, -0.25) is 4.79 Å². The summed E-state index contributed by atoms with van der Waals surface area (Å²) in [6.07, 6.45) is -3.01. The van der Waals surface area contributed by atoms with Gasteiger partial charge in [0.05, 0.1) is 26.4 Å². The quantitative estimate of drug-likeness (QED) is 0.254. The van der Waals surface area contributed by atoms with Crippen LogP contribution in [-0.4, -0.2) is 62.0 Å². The zero-order valence-corrected chi connectivity index (χ0v) is 20.1. The number of aliphatic carboxylic acids is 1. The summed E-state index contributed by atoms with van der Waals surface area (Å²) in [5.74, 6) is -3.17. The van der Waals surface area contributed by atoms with Gasteiger partial charge in [-0.2, -0.15) is 0 Å². The summed E-state index contributed by atoms with van der Waals surface area (Å²) in [5.41, 5.74) is 6.23. The highest BCUT2D eigenvalue weighted by Crippen LogP contribution is 2.36. The van der Waals surface area contributed by atoms with Crippen LogP contribution in [0.3, 0.4) is 0 Å². The molecule has 0 aliphatic carbocycles. The van der Waals surface area contributed by atoms with E-state index in [0.29, 0.717) is 5.56 Å². The van der Waals surface area contributed by atoms with Gasteiger partial charge >= 0.3 is 24.4 Å². The summed E-state index contributed by atoms with van der Waals surface area (Å²) in [7, 11) is 0. The molecule has 0 saturated carbocycles. The van der Waals surface area contributed by atoms with Crippen molar-refractivity contribution in [3.8, 4) is 11.5 Å². The van der Waals surface area contributed by atoms with Crippen LogP contribution < -0.4 is 15.2 Å². The Kier molecular flexibility index (Phi) is 14.1. The van der Waals surface area contributed by atoms with Gasteiger partial charge < -0.3 is 39.3 Å². The topological polar surface area (TPSA) is 170 Å². The van der Waals surface area contributed by atoms with E-state index in [1.54, 1.807) is 27.7 Å². The molecule has 0 spiro atoms. The molecule has 3 atom stereocenters. The highest BCUT2D eigenvalue weighted by Gasteiger charge is 2.33. The van der Waals surface area contributed by atoms with Crippen molar-refractivity contribution in [3.05, 3.63) is 23.8 Å². The van der Waals surface area contributed by atoms with Crippen LogP contribution in [0.1, 0.15) is 39.2 Å². The standard InChI is InChI=1S/C21H29NO11.ClH/c1-5-28-19(25)31-11-12(4)16(17(22)18(23)24)13-8-9-14(32-20(26)29-6-2)15(10-13)33-21(27)30-7-3;/h8-10,12,16-17H,5-7,11,22H2,1-4H3,(H,23,24);1H/t12-,16?,17-;/m0./s1. The molecule has 0 aromatic heterocycles. The van der Waals surface area contributed by atoms with E-state index in [-0.39, 0.29) is 50.3 Å². The number of carboxylic acids is 1. The summed E-state index contributed by atoms with van der Waals surface area (Å²) in [4.78, 5) is 46.8. The molecule has 12 nitrogen and oxygen atoms in total. The maximum atomic E-state index is 11.9. The van der Waals surface area contributed by atoms with E-state index in [1.165, 1.54) is 18.2 Å². The van der Waals surface area contributed by atoms with Crippen LogP contribution in [0.4, 0.5) is 14.4 Å². The molecule has 0 bridgehead atoms. The molecule has 0 radical (unpaired) electrons. The number of hydrogen-bond acceptors (Lipinski definition) is 11. The zero-order valence-electron chi connectivity index (χ0n) is 19.3. The maximum Gasteiger partial charge on any atom is 0.513 e. The molecular formula is C21H30ClNO11. The van der Waals surface area contributed by atoms with Gasteiger partial charge in [0.15, 0.2) is 11.5 Å². The summed E-state index contributed by atoms with van der Waals surface area (Å²) in [6.45, 7) is 6.39. The van der Waals surface area contributed by atoms with Crippen molar-refractivity contribution >= 4 is 36.8 Å². The normalized spacial score (nSPS) is 12.7. The van der Waals surface area contributed by atoms with Gasteiger partial charge in [0, 0.05) is 5.92 Å². The Morgan fingerprint density at radius 1 is 0.853 bits per heavy atom. The lowest BCUT2D eigenvalue weighted by Gasteiger charge is -2.27. The Labute approximate surface area is 203 Å². The second-order valence-electron chi connectivity index (χ2n) is 6.64. The smallest absolute Gasteiger partial charge is 0.480 e. The molecule has 1 aromatic rings. The lowest BCUT2D eigenvalue weighted by molar-refractivity contribution is -0.139. The molecular weight excluding hydrogens is 478 g/mol. The molecule has 0 fully saturated rings. The minimum absolute atomic E-state index is 0. The summed E-state index contributed by atoms with van der Waals surface area (Å²) in [6, 6.07) is 2.63. The van der Waals surface area contributed by atoms with Crippen LogP contribution in [0.15, 0.2) is 18.2 Å². The molecule has 192 valence electrons. The largest absolute Gasteiger partial charge is 0.513 e. The highest BCUT2D eigenvalue weighted by atomic mass is 35.5. The Hall–Kier alpha value is -3.25. The minimum Gasteiger partial charge on any atom is -0.480 e. The molecule has 1 unspecified atom stereocenters. The maximum absolute atomic E-state index is 11.9. The molecule has 13 heteroatoms. The molecule has 0 aliphatic heterocycles. The SMILES string of the molecule is CCOC(=O)OC[C@H](C)C(c1ccc(OC(=O)OCC)c(OC(=O)OCC)c1)[C@H](N)C(=O)O.Cl. The van der Waals surface area contributed by atoms with Crippen LogP contribution in [0.25, 0.3) is 0 Å². The minimum atomic E-state index is -1.40. The third-order valence-electron chi connectivity index (χ3n) is 4.27. The Balaban J connectivity index is 0.0000109. The third-order valence-corrected chi connectivity index (χ3v) is 4.27. The molecule has 0 saturated heterocycles. The van der Waals surface area contributed by atoms with Gasteiger partial charge in [-0.05, 0) is 44.4 Å². The number of nitrogens with two attached hydrogens (primary N) is 1. The third kappa shape index (κ3) is 9.71. The number of hydrogen-bond donors (Lipinski definition) is 2. The summed E-state index contributed by atoms with van der Waals surface area (Å²) >= 11 is 0. The molecule has 34 heavy (non-hydrogen) atoms. The summed E-state index contributed by atoms with van der Waals surface area (Å²) in [5, 5.41) is 9.49. The fraction of sp³-hybridized carbons (Fsp3) is 0.524. The van der Waals surface area contributed by atoms with Crippen LogP contribution in [0, 0.1) is 5.92 Å². The Morgan fingerprint density at radius 3 is 1.85 bits per heavy atom. The van der Waals surface area contributed by atoms with Crippen molar-refractivity contribution in [2.75, 3.05) is 26.4 Å². The second-order valence-corrected chi connectivity index (χ2v) is 6.64. The fourth-order valence-corrected chi connectivity index (χ4v) is 2.88. The van der Waals surface area contributed by atoms with Gasteiger partial charge in [-0.15, -0.1) is 12.4 Å². The lowest BCUT2D eigenvalue weighted by atomic mass is 9.82. The Morgan fingerprint density at radius 2 is 1.35 bits per heavy atom. The fourth-order valence-electron chi connectivity index (χ4n) is 2.88. The molecule has 3 N–H and O–H groups in total. The lowest BCUT2D eigenvalue weighted by Crippen LogP contribution is -2.40. The van der Waals surface area contributed by atoms with E-state index in [0.717, 1.165) is 0 Å². The second kappa shape index (κ2) is 15.6. The summed E-state index contributed by atoms with van der Waals surface area (Å²) < 4.78 is 29.3. The molecule has 0 aliphatic rings. The Bertz CT molecular complexity index is 833. The predicted molar refractivity (Wildman–Crippen MR) is 119 cm³/mol. The highest BCUT2D eigenvalue weighted by molar-refractivity contribution is 5.85. The average Bonchev–Trinajstić information content (AvgIpc) is 2.74. The molecule has 1 rings (SSSR count). The van der Waals surface area contributed by atoms with E-state index in [9.17, 15) is 24.3 Å². The van der Waals surface area contributed by atoms with Crippen molar-refractivity contribution in [2.45, 2.75) is 39.7 Å². The van der Waals surface area contributed by atoms with E-state index >= 15 is 0 Å². The van der Waals surface area contributed by atoms with Gasteiger partial charge in [-0.1, -0.05) is 13.0 Å². The van der Waals surface area contributed by atoms with Crippen LogP contribution >= 0.6 is 12.4 Å². The van der Waals surface area contributed by atoms with E-state index < -0.39 is 42.3 Å². The first-order valence-corrected chi connectivity index (χ1v) is 10.3. The van der Waals surface area contributed by atoms with Crippen molar-refractivity contribution < 1.29 is 52.7 Å². The first-order valence-electron chi connectivity index (χ1n) is 10.3. The molecule has 1 aromatic carbocycles. The predicted octanol–water partition coefficient (Wildman–Crippen LogP) is 3.48. The van der Waals surface area contributed by atoms with Gasteiger partial charge in [0.2, 0.25) is 0 Å². The number of benzene rings is 1. The first-order chi connectivity index (χ1) is 15.6. The molecule has 0 amide bonds. The van der Waals surface area contributed by atoms with Crippen molar-refractivity contribution in [1.82, 2.24) is 0 Å². The van der Waals surface area contributed by atoms with Crippen molar-refractivity contribution in [1.29, 1.82) is 0 Å². The van der Waals surface area contributed by atoms with E-state index in [1.807, 2.05) is 0 Å². The van der Waals surface area contributed by atoms with Gasteiger partial charge in [0.25, 0.3) is 0 Å². The number of halogens is 1. The van der Waals surface area contributed by atoms with Gasteiger partial charge in [-0.25, -0.2) is 14.4 Å². The number of rotatable bonds is 11. The average molecular weight is 508 g/mol. The first kappa shape index (κ1) is 30.8. The number of ether oxygens (including phenoxy) is 6. The monoisotopic (exact) mass is 507 g/mol. The number of carboxylic acid groups (broad SMARTS) is 1.